The van der Waals surface area contributed by atoms with E-state index in [0.717, 1.165) is 0 Å². The molecule has 0 saturated heterocycles. The molecule has 1 aliphatic carbocycles. The number of rotatable bonds is 3. The van der Waals surface area contributed by atoms with Crippen molar-refractivity contribution in [3.63, 3.8) is 0 Å². The van der Waals surface area contributed by atoms with Gasteiger partial charge in [-0.3, -0.25) is 9.59 Å². The average Bonchev–Trinajstić information content (AvgIpc) is 2.55. The van der Waals surface area contributed by atoms with E-state index in [0.29, 0.717) is 29.7 Å². The average molecular weight is 342 g/mol. The van der Waals surface area contributed by atoms with E-state index in [2.05, 4.69) is 10.6 Å². The molecule has 0 spiro atoms. The number of aryl methyl sites for hydroxylation is 1. The minimum Gasteiger partial charge on any atom is -0.355 e. The lowest BCUT2D eigenvalue weighted by Gasteiger charge is -2.32. The number of carbonyl (C=O) groups excluding carboxylic acids is 2. The molecule has 0 heterocycles. The van der Waals surface area contributed by atoms with Crippen molar-refractivity contribution in [1.29, 1.82) is 0 Å². The fourth-order valence-corrected chi connectivity index (χ4v) is 3.10. The van der Waals surface area contributed by atoms with E-state index >= 15 is 0 Å². The molecule has 2 N–H and O–H groups in total. The Kier molecular flexibility index (Phi) is 5.51. The molecule has 1 aliphatic rings. The molecule has 2 amide bonds. The predicted molar refractivity (Wildman–Crippen MR) is 84.7 cm³/mol. The second kappa shape index (κ2) is 7.23. The molecule has 0 aromatic heterocycles. The van der Waals surface area contributed by atoms with Crippen molar-refractivity contribution >= 4 is 17.5 Å². The second-order valence-electron chi connectivity index (χ2n) is 6.14. The van der Waals surface area contributed by atoms with Gasteiger partial charge in [-0.15, -0.1) is 0 Å². The summed E-state index contributed by atoms with van der Waals surface area (Å²) in [5, 5.41) is 5.05. The molecule has 0 unspecified atom stereocenters. The Hall–Kier alpha value is -2.05. The predicted octanol–water partition coefficient (Wildman–Crippen LogP) is 3.66. The minimum atomic E-state index is -4.37. The Morgan fingerprint density at radius 2 is 1.83 bits per heavy atom. The van der Waals surface area contributed by atoms with E-state index in [9.17, 15) is 22.8 Å². The van der Waals surface area contributed by atoms with Gasteiger partial charge in [0.2, 0.25) is 5.91 Å². The molecule has 24 heavy (non-hydrogen) atoms. The quantitative estimate of drug-likeness (QED) is 0.881. The first-order valence-electron chi connectivity index (χ1n) is 7.94. The summed E-state index contributed by atoms with van der Waals surface area (Å²) in [6, 6.07) is 4.74. The van der Waals surface area contributed by atoms with Gasteiger partial charge >= 0.3 is 6.18 Å². The summed E-state index contributed by atoms with van der Waals surface area (Å²) in [7, 11) is 1.48. The molecule has 7 heteroatoms. The van der Waals surface area contributed by atoms with Gasteiger partial charge in [0.15, 0.2) is 0 Å². The molecule has 4 nitrogen and oxygen atoms in total. The number of amides is 2. The van der Waals surface area contributed by atoms with Crippen LogP contribution in [0.4, 0.5) is 18.9 Å². The first kappa shape index (κ1) is 18.3. The van der Waals surface area contributed by atoms with Crippen LogP contribution < -0.4 is 10.6 Å². The molecule has 0 radical (unpaired) electrons. The number of benzene rings is 1. The SMILES string of the molecule is CNC(=O)c1ccc(C)c(NC(=O)[C@@H]2CCCC[C@@H]2C(F)(F)F)c1. The number of hydrogen-bond donors (Lipinski definition) is 2. The zero-order valence-electron chi connectivity index (χ0n) is 13.7. The molecule has 0 aliphatic heterocycles. The van der Waals surface area contributed by atoms with Crippen molar-refractivity contribution in [2.24, 2.45) is 11.8 Å². The fraction of sp³-hybridized carbons (Fsp3) is 0.529. The number of hydrogen-bond acceptors (Lipinski definition) is 2. The summed E-state index contributed by atoms with van der Waals surface area (Å²) >= 11 is 0. The highest BCUT2D eigenvalue weighted by Crippen LogP contribution is 2.42. The second-order valence-corrected chi connectivity index (χ2v) is 6.14. The van der Waals surface area contributed by atoms with E-state index < -0.39 is 23.9 Å². The Morgan fingerprint density at radius 3 is 2.46 bits per heavy atom. The third-order valence-corrected chi connectivity index (χ3v) is 4.51. The van der Waals surface area contributed by atoms with Crippen LogP contribution in [-0.2, 0) is 4.79 Å². The number of alkyl halides is 3. The lowest BCUT2D eigenvalue weighted by molar-refractivity contribution is -0.197. The first-order chi connectivity index (χ1) is 11.2. The molecule has 0 bridgehead atoms. The maximum Gasteiger partial charge on any atom is 0.392 e. The van der Waals surface area contributed by atoms with Crippen molar-refractivity contribution in [2.75, 3.05) is 12.4 Å². The number of carbonyl (C=O) groups is 2. The molecule has 1 aromatic rings. The summed E-state index contributed by atoms with van der Waals surface area (Å²) in [4.78, 5) is 24.1. The van der Waals surface area contributed by atoms with Gasteiger partial charge in [-0.1, -0.05) is 18.9 Å². The standard InChI is InChI=1S/C17H21F3N2O2/c1-10-7-8-11(15(23)21-2)9-14(10)22-16(24)12-5-3-4-6-13(12)17(18,19)20/h7-9,12-13H,3-6H2,1-2H3,(H,21,23)(H,22,24)/t12-,13+/m1/s1. The van der Waals surface area contributed by atoms with Crippen LogP contribution in [0, 0.1) is 18.8 Å². The van der Waals surface area contributed by atoms with E-state index in [-0.39, 0.29) is 18.7 Å². The van der Waals surface area contributed by atoms with Crippen molar-refractivity contribution in [3.8, 4) is 0 Å². The van der Waals surface area contributed by atoms with Crippen molar-refractivity contribution < 1.29 is 22.8 Å². The summed E-state index contributed by atoms with van der Waals surface area (Å²) in [6.07, 6.45) is -3.06. The zero-order valence-corrected chi connectivity index (χ0v) is 13.7. The van der Waals surface area contributed by atoms with Crippen LogP contribution in [0.15, 0.2) is 18.2 Å². The Balaban J connectivity index is 2.20. The van der Waals surface area contributed by atoms with Crippen LogP contribution in [0.2, 0.25) is 0 Å². The van der Waals surface area contributed by atoms with E-state index in [1.54, 1.807) is 19.1 Å². The normalized spacial score (nSPS) is 21.2. The fourth-order valence-electron chi connectivity index (χ4n) is 3.10. The van der Waals surface area contributed by atoms with Crippen LogP contribution in [-0.4, -0.2) is 25.0 Å². The molecule has 1 fully saturated rings. The maximum atomic E-state index is 13.2. The van der Waals surface area contributed by atoms with Gasteiger partial charge < -0.3 is 10.6 Å². The van der Waals surface area contributed by atoms with Gasteiger partial charge in [-0.25, -0.2) is 0 Å². The molecule has 132 valence electrons. The van der Waals surface area contributed by atoms with Gasteiger partial charge in [-0.05, 0) is 37.5 Å². The third kappa shape index (κ3) is 4.07. The molecular weight excluding hydrogens is 321 g/mol. The van der Waals surface area contributed by atoms with E-state index in [1.165, 1.54) is 13.1 Å². The number of nitrogens with one attached hydrogen (secondary N) is 2. The summed E-state index contributed by atoms with van der Waals surface area (Å²) in [6.45, 7) is 1.73. The Labute approximate surface area is 138 Å². The Bertz CT molecular complexity index is 629. The number of anilines is 1. The highest BCUT2D eigenvalue weighted by molar-refractivity contribution is 5.98. The summed E-state index contributed by atoms with van der Waals surface area (Å²) < 4.78 is 39.5. The first-order valence-corrected chi connectivity index (χ1v) is 7.94. The van der Waals surface area contributed by atoms with Gasteiger partial charge in [0.1, 0.15) is 0 Å². The molecule has 2 atom stereocenters. The van der Waals surface area contributed by atoms with Gasteiger partial charge in [0.05, 0.1) is 5.92 Å². The van der Waals surface area contributed by atoms with Crippen LogP contribution >= 0.6 is 0 Å². The smallest absolute Gasteiger partial charge is 0.355 e. The topological polar surface area (TPSA) is 58.2 Å². The molecular formula is C17H21F3N2O2. The van der Waals surface area contributed by atoms with Gasteiger partial charge in [0.25, 0.3) is 5.91 Å². The van der Waals surface area contributed by atoms with Gasteiger partial charge in [0, 0.05) is 24.2 Å². The lowest BCUT2D eigenvalue weighted by atomic mass is 9.78. The largest absolute Gasteiger partial charge is 0.392 e. The van der Waals surface area contributed by atoms with Crippen molar-refractivity contribution in [3.05, 3.63) is 29.3 Å². The molecule has 1 aromatic carbocycles. The highest BCUT2D eigenvalue weighted by Gasteiger charge is 2.48. The molecule has 2 rings (SSSR count). The lowest BCUT2D eigenvalue weighted by Crippen LogP contribution is -2.39. The van der Waals surface area contributed by atoms with Crippen LogP contribution in [0.5, 0.6) is 0 Å². The van der Waals surface area contributed by atoms with Crippen molar-refractivity contribution in [1.82, 2.24) is 5.32 Å². The Morgan fingerprint density at radius 1 is 1.17 bits per heavy atom. The number of halogens is 3. The van der Waals surface area contributed by atoms with Gasteiger partial charge in [-0.2, -0.15) is 13.2 Å². The van der Waals surface area contributed by atoms with E-state index in [4.69, 9.17) is 0 Å². The molecule has 1 saturated carbocycles. The minimum absolute atomic E-state index is 0.0150. The highest BCUT2D eigenvalue weighted by atomic mass is 19.4. The maximum absolute atomic E-state index is 13.2. The summed E-state index contributed by atoms with van der Waals surface area (Å²) in [5.41, 5.74) is 1.40. The zero-order chi connectivity index (χ0) is 17.9. The third-order valence-electron chi connectivity index (χ3n) is 4.51. The van der Waals surface area contributed by atoms with Crippen LogP contribution in [0.3, 0.4) is 0 Å². The summed E-state index contributed by atoms with van der Waals surface area (Å²) in [5.74, 6) is -3.64. The van der Waals surface area contributed by atoms with E-state index in [1.807, 2.05) is 0 Å². The van der Waals surface area contributed by atoms with Crippen LogP contribution in [0.1, 0.15) is 41.6 Å². The van der Waals surface area contributed by atoms with Crippen LogP contribution in [0.25, 0.3) is 0 Å². The monoisotopic (exact) mass is 342 g/mol. The van der Waals surface area contributed by atoms with Crippen molar-refractivity contribution in [2.45, 2.75) is 38.8 Å².